The van der Waals surface area contributed by atoms with Gasteiger partial charge in [-0.3, -0.25) is 11.5 Å². The Morgan fingerprint density at radius 3 is 2.32 bits per heavy atom. The lowest BCUT2D eigenvalue weighted by molar-refractivity contribution is -0.464. The number of guanidine groups is 1. The normalized spacial score (nSPS) is 12.5. The molecule has 31 heavy (non-hydrogen) atoms. The Hall–Kier alpha value is -4.28. The molecule has 1 aliphatic heterocycles. The number of ether oxygens (including phenoxy) is 2. The molecule has 3 rings (SSSR count). The molecular formula is C20H24N6O5. The fourth-order valence-electron chi connectivity index (χ4n) is 2.70. The Morgan fingerprint density at radius 2 is 1.74 bits per heavy atom. The Labute approximate surface area is 179 Å². The Bertz CT molecular complexity index is 1010. The molecule has 0 saturated heterocycles. The molecule has 0 atom stereocenters. The van der Waals surface area contributed by atoms with Crippen LogP contribution in [0.3, 0.4) is 0 Å². The Balaban J connectivity index is 0.000000785. The molecule has 0 radical (unpaired) electrons. The predicted molar refractivity (Wildman–Crippen MR) is 119 cm³/mol. The van der Waals surface area contributed by atoms with E-state index in [1.807, 2.05) is 39.2 Å². The van der Waals surface area contributed by atoms with Crippen molar-refractivity contribution < 1.29 is 19.7 Å². The molecule has 0 spiro atoms. The highest BCUT2D eigenvalue weighted by Gasteiger charge is 2.16. The maximum absolute atomic E-state index is 8.25. The van der Waals surface area contributed by atoms with Gasteiger partial charge in [0.05, 0.1) is 10.8 Å². The molecule has 11 nitrogen and oxygen atoms in total. The second kappa shape index (κ2) is 10.5. The van der Waals surface area contributed by atoms with Gasteiger partial charge in [0.1, 0.15) is 0 Å². The molecule has 0 aromatic heterocycles. The monoisotopic (exact) mass is 428 g/mol. The van der Waals surface area contributed by atoms with Crippen molar-refractivity contribution in [1.82, 2.24) is 0 Å². The van der Waals surface area contributed by atoms with E-state index in [4.69, 9.17) is 36.3 Å². The number of hydrogen-bond donors (Lipinski definition) is 3. The summed E-state index contributed by atoms with van der Waals surface area (Å²) in [5, 5.41) is 21.6. The molecule has 11 heteroatoms. The zero-order valence-electron chi connectivity index (χ0n) is 17.4. The van der Waals surface area contributed by atoms with E-state index in [2.05, 4.69) is 45.4 Å². The van der Waals surface area contributed by atoms with Crippen molar-refractivity contribution in [3.63, 3.8) is 0 Å². The fraction of sp³-hybridized carbons (Fsp3) is 0.200. The zero-order chi connectivity index (χ0) is 23.0. The van der Waals surface area contributed by atoms with E-state index < -0.39 is 5.09 Å². The molecule has 1 aliphatic rings. The van der Waals surface area contributed by atoms with Crippen LogP contribution in [0.5, 0.6) is 11.5 Å². The molecule has 0 aliphatic carbocycles. The van der Waals surface area contributed by atoms with Crippen LogP contribution >= 0.6 is 0 Å². The van der Waals surface area contributed by atoms with Gasteiger partial charge in [0, 0.05) is 25.4 Å². The summed E-state index contributed by atoms with van der Waals surface area (Å²) in [5.74, 6) is 1.49. The number of rotatable bonds is 5. The molecular weight excluding hydrogens is 404 g/mol. The maximum atomic E-state index is 8.25. The number of fused-ring (bicyclic) bond motifs is 1. The summed E-state index contributed by atoms with van der Waals surface area (Å²) in [4.78, 5) is 10.3. The van der Waals surface area contributed by atoms with Gasteiger partial charge in [-0.2, -0.15) is 5.10 Å². The van der Waals surface area contributed by atoms with Gasteiger partial charge in [0.15, 0.2) is 11.5 Å². The van der Waals surface area contributed by atoms with Crippen molar-refractivity contribution in [3.8, 4) is 11.5 Å². The van der Waals surface area contributed by atoms with Crippen molar-refractivity contribution in [2.24, 2.45) is 16.6 Å². The maximum Gasteiger partial charge on any atom is 0.362 e. The first-order valence-corrected chi connectivity index (χ1v) is 9.06. The molecule has 0 bridgehead atoms. The minimum Gasteiger partial charge on any atom is -0.454 e. The minimum absolute atomic E-state index is 0.0368. The largest absolute Gasteiger partial charge is 0.454 e. The first-order valence-electron chi connectivity index (χ1n) is 9.06. The van der Waals surface area contributed by atoms with E-state index in [1.54, 1.807) is 0 Å². The van der Waals surface area contributed by atoms with Gasteiger partial charge in [-0.05, 0) is 48.4 Å². The SMILES string of the molecule is CC(=N\[NH+]=C(N)N)/C(=C/c1ccc(N(C)C)cc1)c1ccc2c(c1)OCO2.O=[N+]([O-])[O-]. The first kappa shape index (κ1) is 23.0. The Morgan fingerprint density at radius 1 is 1.13 bits per heavy atom. The van der Waals surface area contributed by atoms with Crippen molar-refractivity contribution in [3.05, 3.63) is 68.9 Å². The summed E-state index contributed by atoms with van der Waals surface area (Å²) in [6.07, 6.45) is 2.06. The van der Waals surface area contributed by atoms with E-state index in [9.17, 15) is 0 Å². The fourth-order valence-corrected chi connectivity index (χ4v) is 2.70. The topological polar surface area (TPSA) is 166 Å². The van der Waals surface area contributed by atoms with Crippen LogP contribution in [0.15, 0.2) is 47.6 Å². The molecule has 164 valence electrons. The van der Waals surface area contributed by atoms with Crippen LogP contribution in [0.1, 0.15) is 18.1 Å². The minimum atomic E-state index is -1.75. The molecule has 5 N–H and O–H groups in total. The van der Waals surface area contributed by atoms with Crippen LogP contribution in [-0.2, 0) is 0 Å². The highest BCUT2D eigenvalue weighted by Crippen LogP contribution is 2.35. The summed E-state index contributed by atoms with van der Waals surface area (Å²) in [6.45, 7) is 2.12. The molecule has 0 saturated carbocycles. The summed E-state index contributed by atoms with van der Waals surface area (Å²) < 4.78 is 10.9. The van der Waals surface area contributed by atoms with E-state index >= 15 is 0 Å². The second-order valence-electron chi connectivity index (χ2n) is 6.60. The van der Waals surface area contributed by atoms with E-state index in [-0.39, 0.29) is 12.8 Å². The van der Waals surface area contributed by atoms with Crippen LogP contribution < -0.4 is 30.9 Å². The van der Waals surface area contributed by atoms with Crippen molar-refractivity contribution in [2.45, 2.75) is 6.92 Å². The Kier molecular flexibility index (Phi) is 7.78. The summed E-state index contributed by atoms with van der Waals surface area (Å²) in [7, 11) is 4.03. The third-order valence-electron chi connectivity index (χ3n) is 4.15. The smallest absolute Gasteiger partial charge is 0.362 e. The molecule has 0 unspecified atom stereocenters. The molecule has 2 aromatic carbocycles. The lowest BCUT2D eigenvalue weighted by atomic mass is 9.98. The number of benzene rings is 2. The number of hydrazone groups is 1. The lowest BCUT2D eigenvalue weighted by Crippen LogP contribution is -2.72. The van der Waals surface area contributed by atoms with E-state index in [0.29, 0.717) is 5.75 Å². The van der Waals surface area contributed by atoms with E-state index in [0.717, 1.165) is 33.8 Å². The van der Waals surface area contributed by atoms with Crippen LogP contribution in [0.4, 0.5) is 5.69 Å². The summed E-state index contributed by atoms with van der Waals surface area (Å²) in [6, 6.07) is 14.1. The predicted octanol–water partition coefficient (Wildman–Crippen LogP) is 0.513. The molecule has 0 amide bonds. The number of nitrogens with one attached hydrogen (secondary N) is 1. The first-order chi connectivity index (χ1) is 14.7. The standard InChI is InChI=1S/C20H23N5O2.NO3/c1-13(23-24-20(21)22)17(10-14-4-7-16(8-5-14)25(2)3)15-6-9-18-19(11-15)27-12-26-18;2-1(3)4/h4-11H,12H2,1-3H3,(H4,21,22,24);/q;-1/p+1/b17-10-,23-13+;. The highest BCUT2D eigenvalue weighted by atomic mass is 16.9. The second-order valence-corrected chi connectivity index (χ2v) is 6.60. The van der Waals surface area contributed by atoms with Crippen LogP contribution in [-0.4, -0.2) is 37.6 Å². The molecule has 0 fully saturated rings. The van der Waals surface area contributed by atoms with Gasteiger partial charge < -0.3 is 29.7 Å². The van der Waals surface area contributed by atoms with Gasteiger partial charge in [0.25, 0.3) is 0 Å². The van der Waals surface area contributed by atoms with E-state index in [1.165, 1.54) is 0 Å². The average Bonchev–Trinajstić information content (AvgIpc) is 3.18. The van der Waals surface area contributed by atoms with Crippen LogP contribution in [0.25, 0.3) is 11.6 Å². The van der Waals surface area contributed by atoms with Gasteiger partial charge in [0.2, 0.25) is 6.79 Å². The number of nitrogens with two attached hydrogens (primary N) is 2. The zero-order valence-corrected chi connectivity index (χ0v) is 17.4. The summed E-state index contributed by atoms with van der Waals surface area (Å²) >= 11 is 0. The number of anilines is 1. The molecule has 1 heterocycles. The lowest BCUT2D eigenvalue weighted by Gasteiger charge is -2.12. The number of hydrogen-bond acceptors (Lipinski definition) is 7. The average molecular weight is 428 g/mol. The van der Waals surface area contributed by atoms with Crippen LogP contribution in [0.2, 0.25) is 0 Å². The van der Waals surface area contributed by atoms with Crippen molar-refractivity contribution in [2.75, 3.05) is 25.8 Å². The number of allylic oxidation sites excluding steroid dienone is 1. The highest BCUT2D eigenvalue weighted by molar-refractivity contribution is 6.26. The quantitative estimate of drug-likeness (QED) is 0.204. The van der Waals surface area contributed by atoms with Gasteiger partial charge in [-0.1, -0.05) is 18.2 Å². The third-order valence-corrected chi connectivity index (χ3v) is 4.15. The van der Waals surface area contributed by atoms with Gasteiger partial charge in [-0.15, -0.1) is 5.10 Å². The van der Waals surface area contributed by atoms with Crippen LogP contribution in [0, 0.1) is 15.3 Å². The van der Waals surface area contributed by atoms with Gasteiger partial charge in [-0.25, -0.2) is 0 Å². The van der Waals surface area contributed by atoms with Crippen molar-refractivity contribution >= 4 is 29.0 Å². The van der Waals surface area contributed by atoms with Gasteiger partial charge >= 0.3 is 5.96 Å². The third kappa shape index (κ3) is 6.92. The number of nitrogens with zero attached hydrogens (tertiary/aromatic N) is 3. The summed E-state index contributed by atoms with van der Waals surface area (Å²) in [5.41, 5.74) is 15.7. The van der Waals surface area contributed by atoms with Crippen molar-refractivity contribution in [1.29, 1.82) is 0 Å². The molecule has 2 aromatic rings.